The Labute approximate surface area is 149 Å². The molecular weight excluding hydrogens is 403 g/mol. The van der Waals surface area contributed by atoms with Gasteiger partial charge >= 0.3 is 7.12 Å². The molecule has 0 radical (unpaired) electrons. The number of nitrogens with zero attached hydrogens (tertiary/aromatic N) is 3. The summed E-state index contributed by atoms with van der Waals surface area (Å²) in [6, 6.07) is 0. The summed E-state index contributed by atoms with van der Waals surface area (Å²) in [7, 11) is -1.94. The van der Waals surface area contributed by atoms with Gasteiger partial charge in [-0.15, -0.1) is 0 Å². The highest BCUT2D eigenvalue weighted by Gasteiger charge is 2.63. The second-order valence-corrected chi connectivity index (χ2v) is 6.93. The number of aliphatic hydroxyl groups excluding tert-OH is 2. The van der Waals surface area contributed by atoms with Gasteiger partial charge in [0.25, 0.3) is 0 Å². The third-order valence-electron chi connectivity index (χ3n) is 4.35. The summed E-state index contributed by atoms with van der Waals surface area (Å²) in [5, 5.41) is 58.9. The minimum absolute atomic E-state index is 0.0672. The average Bonchev–Trinajstić information content (AvgIpc) is 3.05. The van der Waals surface area contributed by atoms with Crippen LogP contribution in [0.1, 0.15) is 6.92 Å². The third kappa shape index (κ3) is 2.47. The Morgan fingerprint density at radius 2 is 2.12 bits per heavy atom. The number of aromatic nitrogens is 3. The molecule has 136 valence electrons. The standard InChI is InChI=1S/C12H16BBrN4O7/c1-11(21)8(20)6(3-19)25-12(11,14)18-2-5(13(22)23)7-9(17-24)15-4-16-10(7)18/h2,4,6,8,19-24H,3H2,1H3,(H,15,16,17)/t6-,8-,11?,12+/m1/s1. The number of rotatable bonds is 4. The molecule has 0 amide bonds. The quantitative estimate of drug-likeness (QED) is 0.159. The van der Waals surface area contributed by atoms with Crippen molar-refractivity contribution in [3.63, 3.8) is 0 Å². The van der Waals surface area contributed by atoms with E-state index in [2.05, 4.69) is 25.9 Å². The van der Waals surface area contributed by atoms with Crippen LogP contribution in [0.2, 0.25) is 0 Å². The van der Waals surface area contributed by atoms with Gasteiger partial charge in [0, 0.05) is 11.7 Å². The Morgan fingerprint density at radius 1 is 1.44 bits per heavy atom. The van der Waals surface area contributed by atoms with Gasteiger partial charge in [-0.1, -0.05) is 0 Å². The molecule has 3 heterocycles. The van der Waals surface area contributed by atoms with E-state index in [4.69, 9.17) is 4.74 Å². The maximum absolute atomic E-state index is 10.8. The van der Waals surface area contributed by atoms with Crippen LogP contribution in [-0.4, -0.2) is 76.6 Å². The van der Waals surface area contributed by atoms with E-state index >= 15 is 0 Å². The molecule has 2 aromatic heterocycles. The molecule has 0 aliphatic carbocycles. The number of halogens is 1. The number of ether oxygens (including phenoxy) is 1. The van der Waals surface area contributed by atoms with Crippen LogP contribution in [0.5, 0.6) is 0 Å². The molecule has 0 bridgehead atoms. The predicted molar refractivity (Wildman–Crippen MR) is 88.3 cm³/mol. The Bertz CT molecular complexity index is 803. The first-order valence-electron chi connectivity index (χ1n) is 7.19. The van der Waals surface area contributed by atoms with Crippen LogP contribution in [0.4, 0.5) is 5.82 Å². The average molecular weight is 419 g/mol. The van der Waals surface area contributed by atoms with Gasteiger partial charge in [-0.3, -0.25) is 15.3 Å². The monoisotopic (exact) mass is 418 g/mol. The topological polar surface area (TPSA) is 173 Å². The van der Waals surface area contributed by atoms with Crippen molar-refractivity contribution in [2.24, 2.45) is 0 Å². The van der Waals surface area contributed by atoms with Crippen molar-refractivity contribution in [3.8, 4) is 0 Å². The van der Waals surface area contributed by atoms with Gasteiger partial charge in [0.1, 0.15) is 29.8 Å². The number of anilines is 1. The molecule has 1 aliphatic rings. The summed E-state index contributed by atoms with van der Waals surface area (Å²) >= 11 is 3.24. The number of hydrogen-bond donors (Lipinski definition) is 7. The van der Waals surface area contributed by atoms with Gasteiger partial charge in [0.05, 0.1) is 12.0 Å². The predicted octanol–water partition coefficient (Wildman–Crippen LogP) is -2.58. The fourth-order valence-corrected chi connectivity index (χ4v) is 3.70. The van der Waals surface area contributed by atoms with Crippen molar-refractivity contribution in [2.45, 2.75) is 29.4 Å². The maximum atomic E-state index is 10.8. The van der Waals surface area contributed by atoms with Crippen LogP contribution in [0.25, 0.3) is 11.0 Å². The second kappa shape index (κ2) is 6.14. The zero-order valence-corrected chi connectivity index (χ0v) is 14.5. The number of hydrogen-bond acceptors (Lipinski definition) is 10. The van der Waals surface area contributed by atoms with Gasteiger partial charge < -0.3 is 30.1 Å². The smallest absolute Gasteiger partial charge is 0.423 e. The zero-order chi connectivity index (χ0) is 18.6. The Kier molecular flexibility index (Phi) is 4.54. The fourth-order valence-electron chi connectivity index (χ4n) is 2.96. The van der Waals surface area contributed by atoms with Crippen LogP contribution in [0.15, 0.2) is 12.5 Å². The van der Waals surface area contributed by atoms with Gasteiger partial charge in [-0.25, -0.2) is 9.97 Å². The summed E-state index contributed by atoms with van der Waals surface area (Å²) in [4.78, 5) is 7.84. The van der Waals surface area contributed by atoms with Crippen LogP contribution < -0.4 is 10.9 Å². The SMILES string of the molecule is CC1(O)[C@H](O)[C@@H](CO)O[C@@]1(Br)n1cc(B(O)O)c2c(NO)ncnc21. The molecule has 13 heteroatoms. The molecule has 11 nitrogen and oxygen atoms in total. The molecular formula is C12H16BBrN4O7. The molecule has 0 saturated carbocycles. The van der Waals surface area contributed by atoms with Crippen molar-refractivity contribution in [3.05, 3.63) is 12.5 Å². The molecule has 1 saturated heterocycles. The Morgan fingerprint density at radius 3 is 2.64 bits per heavy atom. The Balaban J connectivity index is 2.29. The molecule has 1 unspecified atom stereocenters. The minimum Gasteiger partial charge on any atom is -0.423 e. The van der Waals surface area contributed by atoms with Crippen LogP contribution >= 0.6 is 15.9 Å². The van der Waals surface area contributed by atoms with Crippen molar-refractivity contribution in [1.29, 1.82) is 0 Å². The highest BCUT2D eigenvalue weighted by Crippen LogP contribution is 2.49. The molecule has 7 N–H and O–H groups in total. The minimum atomic E-state index is -1.94. The lowest BCUT2D eigenvalue weighted by molar-refractivity contribution is -0.116. The molecule has 4 atom stereocenters. The van der Waals surface area contributed by atoms with E-state index in [1.165, 1.54) is 17.7 Å². The van der Waals surface area contributed by atoms with Crippen LogP contribution in [-0.2, 0) is 9.37 Å². The van der Waals surface area contributed by atoms with E-state index < -0.39 is 36.2 Å². The van der Waals surface area contributed by atoms with Crippen molar-refractivity contribution in [2.75, 3.05) is 12.1 Å². The molecule has 0 aromatic carbocycles. The van der Waals surface area contributed by atoms with E-state index in [9.17, 15) is 30.6 Å². The van der Waals surface area contributed by atoms with Crippen LogP contribution in [0.3, 0.4) is 0 Å². The highest BCUT2D eigenvalue weighted by atomic mass is 79.9. The fraction of sp³-hybridized carbons (Fsp3) is 0.500. The van der Waals surface area contributed by atoms with Gasteiger partial charge in [0.2, 0.25) is 4.63 Å². The first-order chi connectivity index (χ1) is 11.7. The van der Waals surface area contributed by atoms with Gasteiger partial charge in [0.15, 0.2) is 5.82 Å². The molecule has 2 aromatic rings. The first-order valence-corrected chi connectivity index (χ1v) is 7.99. The summed E-state index contributed by atoms with van der Waals surface area (Å²) in [6.07, 6.45) is -0.230. The van der Waals surface area contributed by atoms with Crippen molar-refractivity contribution >= 4 is 45.4 Å². The third-order valence-corrected chi connectivity index (χ3v) is 5.72. The zero-order valence-electron chi connectivity index (χ0n) is 12.9. The van der Waals surface area contributed by atoms with Gasteiger partial charge in [-0.05, 0) is 22.9 Å². The number of alkyl halides is 1. The lowest BCUT2D eigenvalue weighted by atomic mass is 9.80. The summed E-state index contributed by atoms with van der Waals surface area (Å²) in [6.45, 7) is 0.729. The number of fused-ring (bicyclic) bond motifs is 1. The second-order valence-electron chi connectivity index (χ2n) is 5.85. The first kappa shape index (κ1) is 18.5. The lowest BCUT2D eigenvalue weighted by Crippen LogP contribution is -2.52. The van der Waals surface area contributed by atoms with E-state index in [1.54, 1.807) is 0 Å². The number of aliphatic hydroxyl groups is 3. The molecule has 25 heavy (non-hydrogen) atoms. The van der Waals surface area contributed by atoms with E-state index in [0.717, 1.165) is 6.33 Å². The normalized spacial score (nSPS) is 32.3. The highest BCUT2D eigenvalue weighted by molar-refractivity contribution is 9.09. The lowest BCUT2D eigenvalue weighted by Gasteiger charge is -2.35. The summed E-state index contributed by atoms with van der Waals surface area (Å²) in [5.41, 5.74) is -0.102. The summed E-state index contributed by atoms with van der Waals surface area (Å²) in [5.74, 6) is -0.0974. The van der Waals surface area contributed by atoms with Gasteiger partial charge in [-0.2, -0.15) is 0 Å². The van der Waals surface area contributed by atoms with E-state index in [-0.39, 0.29) is 22.3 Å². The van der Waals surface area contributed by atoms with E-state index in [0.29, 0.717) is 0 Å². The van der Waals surface area contributed by atoms with Crippen LogP contribution in [0, 0.1) is 0 Å². The van der Waals surface area contributed by atoms with Crippen molar-refractivity contribution in [1.82, 2.24) is 14.5 Å². The van der Waals surface area contributed by atoms with Crippen molar-refractivity contribution < 1.29 is 35.3 Å². The molecule has 1 aliphatic heterocycles. The Hall–Kier alpha value is -1.32. The molecule has 1 fully saturated rings. The molecule has 0 spiro atoms. The van der Waals surface area contributed by atoms with E-state index in [1.807, 2.05) is 5.48 Å². The molecule has 3 rings (SSSR count). The maximum Gasteiger partial charge on any atom is 0.490 e. The largest absolute Gasteiger partial charge is 0.490 e. The summed E-state index contributed by atoms with van der Waals surface area (Å²) < 4.78 is 5.04. The number of nitrogens with one attached hydrogen (secondary N) is 1.